The summed E-state index contributed by atoms with van der Waals surface area (Å²) < 4.78 is 0. The fourth-order valence-corrected chi connectivity index (χ4v) is 4.16. The molecule has 1 saturated heterocycles. The third kappa shape index (κ3) is 5.97. The summed E-state index contributed by atoms with van der Waals surface area (Å²) in [5, 5.41) is 5.20. The van der Waals surface area contributed by atoms with Crippen LogP contribution in [-0.2, 0) is 16.1 Å². The van der Waals surface area contributed by atoms with Crippen LogP contribution in [0.4, 0.5) is 5.69 Å². The average molecular weight is 445 g/mol. The van der Waals surface area contributed by atoms with E-state index in [1.165, 1.54) is 5.56 Å². The van der Waals surface area contributed by atoms with E-state index in [-0.39, 0.29) is 18.4 Å². The molecule has 33 heavy (non-hydrogen) atoms. The highest BCUT2D eigenvalue weighted by Crippen LogP contribution is 2.19. The molecule has 0 unspecified atom stereocenters. The molecule has 6 nitrogen and oxygen atoms in total. The Kier molecular flexibility index (Phi) is 7.37. The number of fused-ring (bicyclic) bond motifs is 1. The molecule has 0 spiro atoms. The van der Waals surface area contributed by atoms with Crippen LogP contribution in [0.1, 0.15) is 12.5 Å². The number of carbonyl (C=O) groups excluding carboxylic acids is 2. The predicted octanol–water partition coefficient (Wildman–Crippen LogP) is 3.44. The van der Waals surface area contributed by atoms with Gasteiger partial charge in [-0.1, -0.05) is 60.7 Å². The van der Waals surface area contributed by atoms with Crippen molar-refractivity contribution in [1.29, 1.82) is 0 Å². The molecule has 0 radical (unpaired) electrons. The number of rotatable bonds is 7. The van der Waals surface area contributed by atoms with Crippen molar-refractivity contribution in [3.8, 4) is 0 Å². The van der Waals surface area contributed by atoms with Crippen molar-refractivity contribution in [1.82, 2.24) is 14.7 Å². The summed E-state index contributed by atoms with van der Waals surface area (Å²) in [7, 11) is 1.83. The van der Waals surface area contributed by atoms with E-state index in [4.69, 9.17) is 0 Å². The molecule has 3 aromatic carbocycles. The van der Waals surface area contributed by atoms with E-state index in [0.29, 0.717) is 0 Å². The minimum Gasteiger partial charge on any atom is -0.339 e. The second-order valence-corrected chi connectivity index (χ2v) is 8.78. The number of hydrogen-bond acceptors (Lipinski definition) is 4. The Labute approximate surface area is 195 Å². The van der Waals surface area contributed by atoms with E-state index in [0.717, 1.165) is 49.2 Å². The number of benzene rings is 3. The van der Waals surface area contributed by atoms with Crippen LogP contribution >= 0.6 is 0 Å². The van der Waals surface area contributed by atoms with Crippen molar-refractivity contribution in [2.75, 3.05) is 45.1 Å². The number of likely N-dealkylation sites (N-methyl/N-ethyl adjacent to an activating group) is 1. The number of carbonyl (C=O) groups is 2. The highest BCUT2D eigenvalue weighted by molar-refractivity contribution is 5.97. The molecule has 1 aliphatic rings. The fourth-order valence-electron chi connectivity index (χ4n) is 4.16. The topological polar surface area (TPSA) is 55.9 Å². The minimum atomic E-state index is -0.417. The van der Waals surface area contributed by atoms with Crippen molar-refractivity contribution in [2.45, 2.75) is 19.5 Å². The number of nitrogens with zero attached hydrogens (tertiary/aromatic N) is 3. The van der Waals surface area contributed by atoms with E-state index in [9.17, 15) is 9.59 Å². The summed E-state index contributed by atoms with van der Waals surface area (Å²) in [5.74, 6) is -0.0459. The van der Waals surface area contributed by atoms with Gasteiger partial charge in [-0.25, -0.2) is 0 Å². The number of amides is 2. The van der Waals surface area contributed by atoms with Gasteiger partial charge in [-0.05, 0) is 42.4 Å². The Balaban J connectivity index is 1.25. The lowest BCUT2D eigenvalue weighted by atomic mass is 10.1. The smallest absolute Gasteiger partial charge is 0.241 e. The standard InChI is InChI=1S/C27H32N4O2/c1-21(27(33)28-25-13-12-23-10-6-7-11-24(23)18-25)29(2)20-26(32)31-16-14-30(15-17-31)19-22-8-4-3-5-9-22/h3-13,18,21H,14-17,19-20H2,1-2H3,(H,28,33)/t21-/m1/s1. The lowest BCUT2D eigenvalue weighted by Gasteiger charge is -2.36. The first-order valence-corrected chi connectivity index (χ1v) is 11.5. The van der Waals surface area contributed by atoms with Crippen LogP contribution in [0.3, 0.4) is 0 Å². The first-order valence-electron chi connectivity index (χ1n) is 11.5. The lowest BCUT2D eigenvalue weighted by Crippen LogP contribution is -2.52. The second-order valence-electron chi connectivity index (χ2n) is 8.78. The fraction of sp³-hybridized carbons (Fsp3) is 0.333. The summed E-state index contributed by atoms with van der Waals surface area (Å²) in [6.45, 7) is 6.14. The quantitative estimate of drug-likeness (QED) is 0.607. The zero-order valence-corrected chi connectivity index (χ0v) is 19.4. The maximum atomic E-state index is 12.8. The van der Waals surface area contributed by atoms with E-state index >= 15 is 0 Å². The molecule has 0 aromatic heterocycles. The number of anilines is 1. The van der Waals surface area contributed by atoms with Gasteiger partial charge in [0.2, 0.25) is 11.8 Å². The van der Waals surface area contributed by atoms with Gasteiger partial charge >= 0.3 is 0 Å². The molecule has 1 aliphatic heterocycles. The van der Waals surface area contributed by atoms with Crippen LogP contribution in [0.25, 0.3) is 10.8 Å². The van der Waals surface area contributed by atoms with Gasteiger partial charge in [-0.15, -0.1) is 0 Å². The Bertz CT molecular complexity index is 1090. The minimum absolute atomic E-state index is 0.0715. The van der Waals surface area contributed by atoms with Crippen LogP contribution in [0.2, 0.25) is 0 Å². The van der Waals surface area contributed by atoms with Gasteiger partial charge in [-0.2, -0.15) is 0 Å². The maximum Gasteiger partial charge on any atom is 0.241 e. The number of hydrogen-bond donors (Lipinski definition) is 1. The lowest BCUT2D eigenvalue weighted by molar-refractivity contribution is -0.135. The van der Waals surface area contributed by atoms with Crippen molar-refractivity contribution in [3.05, 3.63) is 78.4 Å². The molecular weight excluding hydrogens is 412 g/mol. The maximum absolute atomic E-state index is 12.8. The highest BCUT2D eigenvalue weighted by atomic mass is 16.2. The SMILES string of the molecule is C[C@H](C(=O)Nc1ccc2ccccc2c1)N(C)CC(=O)N1CCN(Cc2ccccc2)CC1. The van der Waals surface area contributed by atoms with Crippen molar-refractivity contribution in [2.24, 2.45) is 0 Å². The number of nitrogens with one attached hydrogen (secondary N) is 1. The molecule has 0 saturated carbocycles. The Morgan fingerprint density at radius 3 is 2.30 bits per heavy atom. The molecule has 0 bridgehead atoms. The number of piperazine rings is 1. The van der Waals surface area contributed by atoms with Gasteiger partial charge in [0.1, 0.15) is 0 Å². The first-order chi connectivity index (χ1) is 16.0. The summed E-state index contributed by atoms with van der Waals surface area (Å²) in [6, 6.07) is 23.9. The van der Waals surface area contributed by atoms with Crippen LogP contribution in [0.5, 0.6) is 0 Å². The van der Waals surface area contributed by atoms with Crippen molar-refractivity contribution >= 4 is 28.3 Å². The largest absolute Gasteiger partial charge is 0.339 e. The Morgan fingerprint density at radius 2 is 1.58 bits per heavy atom. The molecule has 0 aliphatic carbocycles. The van der Waals surface area contributed by atoms with Gasteiger partial charge in [0.05, 0.1) is 12.6 Å². The molecule has 3 aromatic rings. The third-order valence-corrected chi connectivity index (χ3v) is 6.42. The molecule has 1 atom stereocenters. The molecular formula is C27H32N4O2. The third-order valence-electron chi connectivity index (χ3n) is 6.42. The van der Waals surface area contributed by atoms with Crippen LogP contribution in [0, 0.1) is 0 Å². The summed E-state index contributed by atoms with van der Waals surface area (Å²) >= 11 is 0. The second kappa shape index (κ2) is 10.6. The Hall–Kier alpha value is -3.22. The van der Waals surface area contributed by atoms with E-state index in [1.807, 2.05) is 72.3 Å². The van der Waals surface area contributed by atoms with E-state index in [1.54, 1.807) is 0 Å². The van der Waals surface area contributed by atoms with Crippen LogP contribution in [0.15, 0.2) is 72.8 Å². The molecule has 1 N–H and O–H groups in total. The zero-order chi connectivity index (χ0) is 23.2. The molecule has 172 valence electrons. The Morgan fingerprint density at radius 1 is 0.909 bits per heavy atom. The molecule has 1 heterocycles. The summed E-state index contributed by atoms with van der Waals surface area (Å²) in [6.07, 6.45) is 0. The van der Waals surface area contributed by atoms with Gasteiger partial charge in [0, 0.05) is 38.4 Å². The summed E-state index contributed by atoms with van der Waals surface area (Å²) in [5.41, 5.74) is 2.06. The summed E-state index contributed by atoms with van der Waals surface area (Å²) in [4.78, 5) is 31.7. The van der Waals surface area contributed by atoms with Gasteiger partial charge in [0.15, 0.2) is 0 Å². The van der Waals surface area contributed by atoms with Crippen LogP contribution < -0.4 is 5.32 Å². The van der Waals surface area contributed by atoms with Crippen molar-refractivity contribution < 1.29 is 9.59 Å². The van der Waals surface area contributed by atoms with Gasteiger partial charge in [-0.3, -0.25) is 19.4 Å². The van der Waals surface area contributed by atoms with Gasteiger partial charge in [0.25, 0.3) is 0 Å². The molecule has 4 rings (SSSR count). The van der Waals surface area contributed by atoms with Crippen LogP contribution in [-0.4, -0.2) is 72.3 Å². The predicted molar refractivity (Wildman–Crippen MR) is 133 cm³/mol. The van der Waals surface area contributed by atoms with E-state index < -0.39 is 6.04 Å². The van der Waals surface area contributed by atoms with Gasteiger partial charge < -0.3 is 10.2 Å². The first kappa shape index (κ1) is 23.0. The van der Waals surface area contributed by atoms with Crippen molar-refractivity contribution in [3.63, 3.8) is 0 Å². The monoisotopic (exact) mass is 444 g/mol. The average Bonchev–Trinajstić information content (AvgIpc) is 2.84. The highest BCUT2D eigenvalue weighted by Gasteiger charge is 2.25. The molecule has 2 amide bonds. The molecule has 6 heteroatoms. The van der Waals surface area contributed by atoms with E-state index in [2.05, 4.69) is 34.5 Å². The molecule has 1 fully saturated rings. The zero-order valence-electron chi connectivity index (χ0n) is 19.4. The normalized spacial score (nSPS) is 15.5.